The quantitative estimate of drug-likeness (QED) is 0.861. The first-order valence-corrected chi connectivity index (χ1v) is 5.30. The van der Waals surface area contributed by atoms with Crippen LogP contribution in [0.15, 0.2) is 42.7 Å². The predicted molar refractivity (Wildman–Crippen MR) is 59.8 cm³/mol. The Bertz CT molecular complexity index is 565. The fraction of sp³-hybridized carbons (Fsp3) is 0.167. The van der Waals surface area contributed by atoms with Crippen molar-refractivity contribution in [3.63, 3.8) is 0 Å². The number of hydrogen-bond acceptors (Lipinski definition) is 3. The van der Waals surface area contributed by atoms with Crippen LogP contribution in [-0.4, -0.2) is 22.3 Å². The molecule has 0 spiro atoms. The highest BCUT2D eigenvalue weighted by atomic mass is 19.4. The molecule has 0 aliphatic heterocycles. The minimum atomic E-state index is -4.44. The Morgan fingerprint density at radius 2 is 2.11 bits per heavy atom. The summed E-state index contributed by atoms with van der Waals surface area (Å²) >= 11 is 0. The van der Waals surface area contributed by atoms with Crippen LogP contribution in [0.4, 0.5) is 13.2 Å². The Balaban J connectivity index is 2.02. The van der Waals surface area contributed by atoms with Gasteiger partial charge in [0.25, 0.3) is 5.91 Å². The van der Waals surface area contributed by atoms with Crippen molar-refractivity contribution in [2.75, 3.05) is 6.61 Å². The third-order valence-corrected chi connectivity index (χ3v) is 2.28. The summed E-state index contributed by atoms with van der Waals surface area (Å²) in [6, 6.07) is 5.91. The van der Waals surface area contributed by atoms with Crippen LogP contribution in [0.3, 0.4) is 0 Å². The number of alkyl halides is 3. The molecule has 1 aromatic carbocycles. The second kappa shape index (κ2) is 5.13. The van der Waals surface area contributed by atoms with Gasteiger partial charge in [0.05, 0.1) is 5.56 Å². The molecule has 0 unspecified atom stereocenters. The van der Waals surface area contributed by atoms with E-state index >= 15 is 0 Å². The van der Waals surface area contributed by atoms with Gasteiger partial charge in [0.2, 0.25) is 0 Å². The molecule has 0 radical (unpaired) electrons. The predicted octanol–water partition coefficient (Wildman–Crippen LogP) is 2.62. The van der Waals surface area contributed by atoms with Crippen molar-refractivity contribution in [3.05, 3.63) is 48.3 Å². The van der Waals surface area contributed by atoms with Gasteiger partial charge in [-0.3, -0.25) is 4.79 Å². The molecule has 4 nitrogen and oxygen atoms in total. The molecule has 1 heterocycles. The van der Waals surface area contributed by atoms with Crippen LogP contribution in [0.2, 0.25) is 0 Å². The summed E-state index contributed by atoms with van der Waals surface area (Å²) in [5, 5.41) is 3.69. The number of halogens is 3. The second-order valence-corrected chi connectivity index (χ2v) is 3.66. The average molecular weight is 270 g/mol. The Kier molecular flexibility index (Phi) is 3.55. The van der Waals surface area contributed by atoms with Crippen LogP contribution in [0.5, 0.6) is 5.75 Å². The van der Waals surface area contributed by atoms with Crippen molar-refractivity contribution < 1.29 is 22.7 Å². The zero-order chi connectivity index (χ0) is 13.9. The number of carbonyl (C=O) groups excluding carboxylic acids is 1. The maximum absolute atomic E-state index is 12.5. The lowest BCUT2D eigenvalue weighted by atomic mass is 10.2. The van der Waals surface area contributed by atoms with E-state index in [1.165, 1.54) is 24.5 Å². The molecular weight excluding hydrogens is 261 g/mol. The number of ether oxygens (including phenoxy) is 1. The summed E-state index contributed by atoms with van der Waals surface area (Å²) < 4.78 is 43.4. The van der Waals surface area contributed by atoms with E-state index in [0.29, 0.717) is 0 Å². The Hall–Kier alpha value is -2.31. The van der Waals surface area contributed by atoms with Gasteiger partial charge in [0, 0.05) is 12.4 Å². The molecule has 0 saturated heterocycles. The normalized spacial score (nSPS) is 11.3. The summed E-state index contributed by atoms with van der Waals surface area (Å²) in [6.07, 6.45) is -1.59. The maximum atomic E-state index is 12.5. The third-order valence-electron chi connectivity index (χ3n) is 2.28. The number of aromatic nitrogens is 2. The summed E-state index contributed by atoms with van der Waals surface area (Å²) in [5.41, 5.74) is -0.823. The van der Waals surface area contributed by atoms with Gasteiger partial charge < -0.3 is 4.74 Å². The first kappa shape index (κ1) is 13.1. The Labute approximate surface area is 106 Å². The van der Waals surface area contributed by atoms with Gasteiger partial charge >= 0.3 is 6.18 Å². The van der Waals surface area contributed by atoms with Gasteiger partial charge in [-0.25, -0.2) is 4.68 Å². The summed E-state index contributed by atoms with van der Waals surface area (Å²) in [5.74, 6) is -0.488. The number of carbonyl (C=O) groups is 1. The largest absolute Gasteiger partial charge is 0.484 e. The van der Waals surface area contributed by atoms with Crippen molar-refractivity contribution in [2.45, 2.75) is 6.18 Å². The number of hydrogen-bond donors (Lipinski definition) is 0. The average Bonchev–Trinajstić information content (AvgIpc) is 2.89. The van der Waals surface area contributed by atoms with Crippen molar-refractivity contribution >= 4 is 5.91 Å². The van der Waals surface area contributed by atoms with E-state index < -0.39 is 17.6 Å². The molecule has 0 atom stereocenters. The molecule has 7 heteroatoms. The highest BCUT2D eigenvalue weighted by Crippen LogP contribution is 2.31. The van der Waals surface area contributed by atoms with Crippen LogP contribution in [-0.2, 0) is 6.18 Å². The molecular formula is C12H9F3N2O2. The van der Waals surface area contributed by atoms with Gasteiger partial charge in [0.15, 0.2) is 6.61 Å². The van der Waals surface area contributed by atoms with E-state index in [1.54, 1.807) is 6.07 Å². The molecule has 1 aromatic heterocycles. The Morgan fingerprint density at radius 1 is 1.32 bits per heavy atom. The zero-order valence-electron chi connectivity index (χ0n) is 9.59. The molecule has 2 aromatic rings. The maximum Gasteiger partial charge on any atom is 0.416 e. The van der Waals surface area contributed by atoms with Gasteiger partial charge in [-0.05, 0) is 24.3 Å². The molecule has 0 amide bonds. The highest BCUT2D eigenvalue weighted by Gasteiger charge is 2.30. The summed E-state index contributed by atoms with van der Waals surface area (Å²) in [4.78, 5) is 11.5. The highest BCUT2D eigenvalue weighted by molar-refractivity contribution is 5.79. The van der Waals surface area contributed by atoms with Gasteiger partial charge in [-0.1, -0.05) is 6.07 Å². The molecule has 100 valence electrons. The number of benzene rings is 1. The van der Waals surface area contributed by atoms with Gasteiger partial charge in [-0.2, -0.15) is 18.3 Å². The lowest BCUT2D eigenvalue weighted by Crippen LogP contribution is -2.19. The molecule has 0 aliphatic rings. The van der Waals surface area contributed by atoms with Crippen LogP contribution in [0.25, 0.3) is 0 Å². The first-order valence-electron chi connectivity index (χ1n) is 5.30. The molecule has 19 heavy (non-hydrogen) atoms. The molecule has 0 fully saturated rings. The molecule has 0 N–H and O–H groups in total. The van der Waals surface area contributed by atoms with Crippen LogP contribution >= 0.6 is 0 Å². The fourth-order valence-electron chi connectivity index (χ4n) is 1.39. The van der Waals surface area contributed by atoms with E-state index in [9.17, 15) is 18.0 Å². The molecule has 0 saturated carbocycles. The van der Waals surface area contributed by atoms with Crippen LogP contribution in [0.1, 0.15) is 10.4 Å². The standard InChI is InChI=1S/C12H9F3N2O2/c13-12(14,15)9-3-1-4-10(7-9)19-8-11(18)17-6-2-5-16-17/h1-7H,8H2. The Morgan fingerprint density at radius 3 is 2.74 bits per heavy atom. The zero-order valence-corrected chi connectivity index (χ0v) is 9.59. The van der Waals surface area contributed by atoms with Gasteiger partial charge in [0.1, 0.15) is 5.75 Å². The lowest BCUT2D eigenvalue weighted by molar-refractivity contribution is -0.137. The van der Waals surface area contributed by atoms with Crippen molar-refractivity contribution in [1.82, 2.24) is 9.78 Å². The van der Waals surface area contributed by atoms with E-state index in [-0.39, 0.29) is 12.4 Å². The van der Waals surface area contributed by atoms with Crippen molar-refractivity contribution in [3.8, 4) is 5.75 Å². The smallest absolute Gasteiger partial charge is 0.416 e. The topological polar surface area (TPSA) is 44.1 Å². The van der Waals surface area contributed by atoms with E-state index in [4.69, 9.17) is 4.74 Å². The minimum absolute atomic E-state index is 0.0182. The van der Waals surface area contributed by atoms with E-state index in [1.807, 2.05) is 0 Å². The van der Waals surface area contributed by atoms with Crippen LogP contribution < -0.4 is 4.74 Å². The third kappa shape index (κ3) is 3.34. The lowest BCUT2D eigenvalue weighted by Gasteiger charge is -2.09. The molecule has 2 rings (SSSR count). The van der Waals surface area contributed by atoms with Crippen LogP contribution in [0, 0.1) is 0 Å². The SMILES string of the molecule is O=C(COc1cccc(C(F)(F)F)c1)n1cccn1. The first-order chi connectivity index (χ1) is 8.97. The van der Waals surface area contributed by atoms with E-state index in [0.717, 1.165) is 16.8 Å². The van der Waals surface area contributed by atoms with Crippen molar-refractivity contribution in [1.29, 1.82) is 0 Å². The molecule has 0 aliphatic carbocycles. The summed E-state index contributed by atoms with van der Waals surface area (Å²) in [7, 11) is 0. The fourth-order valence-corrected chi connectivity index (χ4v) is 1.39. The van der Waals surface area contributed by atoms with Crippen molar-refractivity contribution in [2.24, 2.45) is 0 Å². The van der Waals surface area contributed by atoms with E-state index in [2.05, 4.69) is 5.10 Å². The monoisotopic (exact) mass is 270 g/mol. The van der Waals surface area contributed by atoms with Gasteiger partial charge in [-0.15, -0.1) is 0 Å². The number of rotatable bonds is 3. The molecule has 0 bridgehead atoms. The number of nitrogens with zero attached hydrogens (tertiary/aromatic N) is 2. The summed E-state index contributed by atoms with van der Waals surface area (Å²) in [6.45, 7) is -0.386. The minimum Gasteiger partial charge on any atom is -0.484 e. The second-order valence-electron chi connectivity index (χ2n) is 3.66.